The van der Waals surface area contributed by atoms with Gasteiger partial charge in [0, 0.05) is 17.8 Å². The van der Waals surface area contributed by atoms with Crippen molar-refractivity contribution >= 4 is 17.5 Å². The van der Waals surface area contributed by atoms with Crippen molar-refractivity contribution in [2.24, 2.45) is 0 Å². The van der Waals surface area contributed by atoms with Crippen LogP contribution in [0, 0.1) is 12.7 Å². The first-order valence-electron chi connectivity index (χ1n) is 6.89. The molecule has 0 saturated heterocycles. The molecule has 21 heavy (non-hydrogen) atoms. The van der Waals surface area contributed by atoms with E-state index >= 15 is 0 Å². The highest BCUT2D eigenvalue weighted by molar-refractivity contribution is 6.39. The third-order valence-corrected chi connectivity index (χ3v) is 3.62. The van der Waals surface area contributed by atoms with Crippen LogP contribution in [0.5, 0.6) is 0 Å². The lowest BCUT2D eigenvalue weighted by Gasteiger charge is -2.25. The van der Waals surface area contributed by atoms with Gasteiger partial charge in [0.15, 0.2) is 0 Å². The number of hydrogen-bond donors (Lipinski definition) is 3. The number of rotatable bonds is 5. The first kappa shape index (κ1) is 17.1. The lowest BCUT2D eigenvalue weighted by Crippen LogP contribution is -2.45. The van der Waals surface area contributed by atoms with Crippen molar-refractivity contribution in [3.63, 3.8) is 0 Å². The maximum absolute atomic E-state index is 13.3. The molecule has 0 bridgehead atoms. The van der Waals surface area contributed by atoms with Crippen LogP contribution >= 0.6 is 0 Å². The fourth-order valence-electron chi connectivity index (χ4n) is 1.75. The molecule has 0 saturated carbocycles. The summed E-state index contributed by atoms with van der Waals surface area (Å²) in [5.74, 6) is -2.21. The van der Waals surface area contributed by atoms with Gasteiger partial charge in [-0.25, -0.2) is 4.39 Å². The Bertz CT molecular complexity index is 528. The van der Waals surface area contributed by atoms with Crippen LogP contribution in [0.4, 0.5) is 10.1 Å². The highest BCUT2D eigenvalue weighted by Crippen LogP contribution is 2.17. The van der Waals surface area contributed by atoms with Gasteiger partial charge < -0.3 is 15.7 Å². The average molecular weight is 296 g/mol. The lowest BCUT2D eigenvalue weighted by molar-refractivity contribution is -0.136. The van der Waals surface area contributed by atoms with E-state index in [1.54, 1.807) is 13.8 Å². The standard InChI is InChI=1S/C15H21FN2O3/c1-4-15(21,5-2)9-17-13(19)14(20)18-12-8-6-7-11(16)10(12)3/h6-8,21H,4-5,9H2,1-3H3,(H,17,19)(H,18,20). The summed E-state index contributed by atoms with van der Waals surface area (Å²) >= 11 is 0. The highest BCUT2D eigenvalue weighted by Gasteiger charge is 2.24. The van der Waals surface area contributed by atoms with Crippen LogP contribution in [-0.2, 0) is 9.59 Å². The molecule has 2 amide bonds. The predicted molar refractivity (Wildman–Crippen MR) is 78.3 cm³/mol. The van der Waals surface area contributed by atoms with E-state index in [4.69, 9.17) is 0 Å². The number of nitrogens with one attached hydrogen (secondary N) is 2. The van der Waals surface area contributed by atoms with Crippen LogP contribution in [0.1, 0.15) is 32.3 Å². The Morgan fingerprint density at radius 2 is 1.86 bits per heavy atom. The largest absolute Gasteiger partial charge is 0.388 e. The molecule has 0 heterocycles. The lowest BCUT2D eigenvalue weighted by atomic mass is 9.98. The number of benzene rings is 1. The van der Waals surface area contributed by atoms with Crippen molar-refractivity contribution in [1.82, 2.24) is 5.32 Å². The zero-order valence-electron chi connectivity index (χ0n) is 12.5. The normalized spacial score (nSPS) is 11.1. The van der Waals surface area contributed by atoms with Gasteiger partial charge in [-0.2, -0.15) is 0 Å². The van der Waals surface area contributed by atoms with Gasteiger partial charge in [-0.15, -0.1) is 0 Å². The molecule has 0 aliphatic heterocycles. The molecule has 1 aromatic rings. The first-order chi connectivity index (χ1) is 9.83. The molecule has 0 spiro atoms. The van der Waals surface area contributed by atoms with Crippen molar-refractivity contribution in [2.45, 2.75) is 39.2 Å². The number of halogens is 1. The minimum Gasteiger partial charge on any atom is -0.388 e. The van der Waals surface area contributed by atoms with E-state index in [-0.39, 0.29) is 17.8 Å². The summed E-state index contributed by atoms with van der Waals surface area (Å²) in [7, 11) is 0. The Morgan fingerprint density at radius 1 is 1.24 bits per heavy atom. The number of hydrogen-bond acceptors (Lipinski definition) is 3. The van der Waals surface area contributed by atoms with E-state index in [0.717, 1.165) is 0 Å². The van der Waals surface area contributed by atoms with E-state index in [0.29, 0.717) is 12.8 Å². The third kappa shape index (κ3) is 4.53. The van der Waals surface area contributed by atoms with Crippen molar-refractivity contribution in [1.29, 1.82) is 0 Å². The van der Waals surface area contributed by atoms with Crippen molar-refractivity contribution < 1.29 is 19.1 Å². The zero-order valence-corrected chi connectivity index (χ0v) is 12.5. The summed E-state index contributed by atoms with van der Waals surface area (Å²) in [6.45, 7) is 5.10. The Balaban J connectivity index is 2.64. The van der Waals surface area contributed by atoms with Gasteiger partial charge in [0.2, 0.25) is 0 Å². The summed E-state index contributed by atoms with van der Waals surface area (Å²) < 4.78 is 13.3. The Morgan fingerprint density at radius 3 is 2.43 bits per heavy atom. The molecule has 3 N–H and O–H groups in total. The van der Waals surface area contributed by atoms with Gasteiger partial charge in [0.05, 0.1) is 5.60 Å². The molecular formula is C15H21FN2O3. The van der Waals surface area contributed by atoms with Gasteiger partial charge in [-0.1, -0.05) is 19.9 Å². The molecule has 116 valence electrons. The predicted octanol–water partition coefficient (Wildman–Crippen LogP) is 1.74. The Hall–Kier alpha value is -1.95. The summed E-state index contributed by atoms with van der Waals surface area (Å²) in [4.78, 5) is 23.4. The van der Waals surface area contributed by atoms with Crippen molar-refractivity contribution in [3.05, 3.63) is 29.6 Å². The van der Waals surface area contributed by atoms with Gasteiger partial charge in [0.25, 0.3) is 0 Å². The second-order valence-electron chi connectivity index (χ2n) is 4.98. The van der Waals surface area contributed by atoms with Crippen LogP contribution in [0.25, 0.3) is 0 Å². The quantitative estimate of drug-likeness (QED) is 0.724. The molecule has 0 aromatic heterocycles. The first-order valence-corrected chi connectivity index (χ1v) is 6.89. The molecule has 0 fully saturated rings. The molecule has 0 aliphatic carbocycles. The van der Waals surface area contributed by atoms with Crippen LogP contribution in [0.3, 0.4) is 0 Å². The second-order valence-corrected chi connectivity index (χ2v) is 4.98. The van der Waals surface area contributed by atoms with Gasteiger partial charge >= 0.3 is 11.8 Å². The van der Waals surface area contributed by atoms with Crippen LogP contribution in [0.15, 0.2) is 18.2 Å². The van der Waals surface area contributed by atoms with Gasteiger partial charge in [0.1, 0.15) is 5.82 Å². The minimum atomic E-state index is -1.02. The number of carbonyl (C=O) groups is 2. The van der Waals surface area contributed by atoms with Gasteiger partial charge in [-0.05, 0) is 31.9 Å². The second kappa shape index (κ2) is 7.17. The van der Waals surface area contributed by atoms with Gasteiger partial charge in [-0.3, -0.25) is 9.59 Å². The molecule has 0 aliphatic rings. The van der Waals surface area contributed by atoms with Crippen LogP contribution in [-0.4, -0.2) is 29.1 Å². The average Bonchev–Trinajstić information content (AvgIpc) is 2.49. The fourth-order valence-corrected chi connectivity index (χ4v) is 1.75. The topological polar surface area (TPSA) is 78.4 Å². The smallest absolute Gasteiger partial charge is 0.313 e. The molecule has 1 rings (SSSR count). The van der Waals surface area contributed by atoms with Crippen molar-refractivity contribution in [3.8, 4) is 0 Å². The molecule has 0 unspecified atom stereocenters. The summed E-state index contributed by atoms with van der Waals surface area (Å²) in [6, 6.07) is 4.23. The number of aliphatic hydroxyl groups is 1. The third-order valence-electron chi connectivity index (χ3n) is 3.62. The molecule has 5 nitrogen and oxygen atoms in total. The SMILES string of the molecule is CCC(O)(CC)CNC(=O)C(=O)Nc1cccc(F)c1C. The van der Waals surface area contributed by atoms with Crippen LogP contribution < -0.4 is 10.6 Å². The Kier molecular flexibility index (Phi) is 5.84. The fraction of sp³-hybridized carbons (Fsp3) is 0.467. The number of carbonyl (C=O) groups excluding carboxylic acids is 2. The molecule has 0 atom stereocenters. The molecule has 1 aromatic carbocycles. The zero-order chi connectivity index (χ0) is 16.0. The summed E-state index contributed by atoms with van der Waals surface area (Å²) in [6.07, 6.45) is 0.933. The maximum Gasteiger partial charge on any atom is 0.313 e. The Labute approximate surface area is 123 Å². The summed E-state index contributed by atoms with van der Waals surface area (Å²) in [5.41, 5.74) is -0.515. The summed E-state index contributed by atoms with van der Waals surface area (Å²) in [5, 5.41) is 14.8. The molecular weight excluding hydrogens is 275 g/mol. The number of anilines is 1. The van der Waals surface area contributed by atoms with E-state index in [9.17, 15) is 19.1 Å². The van der Waals surface area contributed by atoms with E-state index in [1.807, 2.05) is 0 Å². The monoisotopic (exact) mass is 296 g/mol. The maximum atomic E-state index is 13.3. The molecule has 0 radical (unpaired) electrons. The number of amides is 2. The minimum absolute atomic E-state index is 0.00557. The van der Waals surface area contributed by atoms with E-state index < -0.39 is 23.2 Å². The van der Waals surface area contributed by atoms with E-state index in [1.165, 1.54) is 25.1 Å². The van der Waals surface area contributed by atoms with E-state index in [2.05, 4.69) is 10.6 Å². The highest BCUT2D eigenvalue weighted by atomic mass is 19.1. The van der Waals surface area contributed by atoms with Crippen LogP contribution in [0.2, 0.25) is 0 Å². The van der Waals surface area contributed by atoms with Crippen molar-refractivity contribution in [2.75, 3.05) is 11.9 Å². The molecule has 6 heteroatoms.